The molecule has 0 bridgehead atoms. The van der Waals surface area contributed by atoms with Crippen molar-refractivity contribution in [3.63, 3.8) is 0 Å². The van der Waals surface area contributed by atoms with Gasteiger partial charge < -0.3 is 24.8 Å². The molecule has 1 amide bonds. The molecule has 0 fully saturated rings. The van der Waals surface area contributed by atoms with Crippen molar-refractivity contribution in [1.29, 1.82) is 0 Å². The molecule has 0 saturated heterocycles. The number of nitrogens with zero attached hydrogens (tertiary/aromatic N) is 4. The summed E-state index contributed by atoms with van der Waals surface area (Å²) in [5, 5.41) is 6.54. The van der Waals surface area contributed by atoms with E-state index in [1.54, 1.807) is 11.8 Å². The van der Waals surface area contributed by atoms with Crippen LogP contribution in [0.15, 0.2) is 24.3 Å². The van der Waals surface area contributed by atoms with Gasteiger partial charge in [0, 0.05) is 24.7 Å². The number of benzene rings is 1. The van der Waals surface area contributed by atoms with E-state index in [4.69, 9.17) is 14.2 Å². The SMILES string of the molecule is CCOC(=O)[C@@H]1Cc2ccccc2N1C(=O)CNC[C@@H](Nc1nc(OC)nc(OC)n1)[C@@H](C)CC. The van der Waals surface area contributed by atoms with Gasteiger partial charge in [-0.1, -0.05) is 38.5 Å². The molecule has 1 aliphatic rings. The topological polar surface area (TPSA) is 128 Å². The van der Waals surface area contributed by atoms with E-state index in [1.807, 2.05) is 24.3 Å². The van der Waals surface area contributed by atoms with Crippen molar-refractivity contribution in [2.75, 3.05) is 44.1 Å². The van der Waals surface area contributed by atoms with Gasteiger partial charge in [-0.3, -0.25) is 9.69 Å². The predicted octanol–water partition coefficient (Wildman–Crippen LogP) is 1.83. The number of fused-ring (bicyclic) bond motifs is 1. The molecule has 0 unspecified atom stereocenters. The first-order valence-electron chi connectivity index (χ1n) is 11.8. The van der Waals surface area contributed by atoms with Crippen LogP contribution < -0.4 is 25.0 Å². The molecular formula is C24H34N6O5. The lowest BCUT2D eigenvalue weighted by Crippen LogP contribution is -2.48. The third-order valence-corrected chi connectivity index (χ3v) is 6.05. The molecule has 2 aromatic rings. The normalized spacial score (nSPS) is 16.3. The Bertz CT molecular complexity index is 997. The largest absolute Gasteiger partial charge is 0.467 e. The van der Waals surface area contributed by atoms with Crippen LogP contribution in [0.4, 0.5) is 11.6 Å². The zero-order chi connectivity index (χ0) is 25.4. The van der Waals surface area contributed by atoms with Crippen LogP contribution in [0.5, 0.6) is 12.0 Å². The molecule has 0 aliphatic carbocycles. The van der Waals surface area contributed by atoms with E-state index < -0.39 is 12.0 Å². The number of ether oxygens (including phenoxy) is 3. The third-order valence-electron chi connectivity index (χ3n) is 6.05. The fourth-order valence-electron chi connectivity index (χ4n) is 3.97. The minimum absolute atomic E-state index is 0.0582. The van der Waals surface area contributed by atoms with E-state index >= 15 is 0 Å². The number of rotatable bonds is 12. The molecule has 190 valence electrons. The van der Waals surface area contributed by atoms with Gasteiger partial charge >= 0.3 is 18.0 Å². The monoisotopic (exact) mass is 486 g/mol. The zero-order valence-electron chi connectivity index (χ0n) is 20.9. The number of anilines is 2. The molecule has 1 aromatic heterocycles. The fourth-order valence-corrected chi connectivity index (χ4v) is 3.97. The minimum atomic E-state index is -0.657. The van der Waals surface area contributed by atoms with Gasteiger partial charge in [0.1, 0.15) is 6.04 Å². The molecule has 1 aliphatic heterocycles. The van der Waals surface area contributed by atoms with Gasteiger partial charge in [-0.25, -0.2) is 4.79 Å². The average Bonchev–Trinajstić information content (AvgIpc) is 3.27. The fraction of sp³-hybridized carbons (Fsp3) is 0.542. The van der Waals surface area contributed by atoms with E-state index in [1.165, 1.54) is 14.2 Å². The molecule has 2 N–H and O–H groups in total. The van der Waals surface area contributed by atoms with Gasteiger partial charge in [0.25, 0.3) is 0 Å². The number of carbonyl (C=O) groups is 2. The lowest BCUT2D eigenvalue weighted by atomic mass is 9.99. The molecule has 3 atom stereocenters. The third kappa shape index (κ3) is 6.36. The highest BCUT2D eigenvalue weighted by molar-refractivity contribution is 6.03. The highest BCUT2D eigenvalue weighted by Crippen LogP contribution is 2.32. The Balaban J connectivity index is 1.68. The Morgan fingerprint density at radius 1 is 1.11 bits per heavy atom. The number of hydrogen-bond donors (Lipinski definition) is 2. The summed E-state index contributed by atoms with van der Waals surface area (Å²) in [7, 11) is 2.94. The van der Waals surface area contributed by atoms with Crippen molar-refractivity contribution in [3.05, 3.63) is 29.8 Å². The first-order valence-corrected chi connectivity index (χ1v) is 11.8. The second kappa shape index (κ2) is 12.3. The first kappa shape index (κ1) is 26.1. The highest BCUT2D eigenvalue weighted by atomic mass is 16.5. The van der Waals surface area contributed by atoms with Crippen LogP contribution in [-0.2, 0) is 20.7 Å². The predicted molar refractivity (Wildman–Crippen MR) is 131 cm³/mol. The van der Waals surface area contributed by atoms with Crippen LogP contribution >= 0.6 is 0 Å². The van der Waals surface area contributed by atoms with E-state index in [2.05, 4.69) is 39.4 Å². The average molecular weight is 487 g/mol. The summed E-state index contributed by atoms with van der Waals surface area (Å²) < 4.78 is 15.5. The van der Waals surface area contributed by atoms with Gasteiger partial charge in [0.05, 0.1) is 27.4 Å². The van der Waals surface area contributed by atoms with E-state index in [-0.39, 0.29) is 43.0 Å². The minimum Gasteiger partial charge on any atom is -0.467 e. The van der Waals surface area contributed by atoms with Gasteiger partial charge in [-0.15, -0.1) is 4.98 Å². The molecular weight excluding hydrogens is 452 g/mol. The number of methoxy groups -OCH3 is 2. The molecule has 35 heavy (non-hydrogen) atoms. The van der Waals surface area contributed by atoms with Gasteiger partial charge in [-0.05, 0) is 24.5 Å². The van der Waals surface area contributed by atoms with E-state index in [9.17, 15) is 9.59 Å². The smallest absolute Gasteiger partial charge is 0.329 e. The molecule has 0 spiro atoms. The van der Waals surface area contributed by atoms with Crippen molar-refractivity contribution in [2.45, 2.75) is 45.7 Å². The number of carbonyl (C=O) groups excluding carboxylic acids is 2. The highest BCUT2D eigenvalue weighted by Gasteiger charge is 2.38. The standard InChI is InChI=1S/C24H34N6O5/c1-6-15(3)17(26-22-27-23(33-4)29-24(28-22)34-5)13-25-14-20(31)30-18-11-9-8-10-16(18)12-19(30)21(32)35-7-2/h8-11,15,17,19,25H,6-7,12-14H2,1-5H3,(H,26,27,28,29)/t15-,17+,19-/m0/s1. The number of nitrogens with one attached hydrogen (secondary N) is 2. The molecule has 3 rings (SSSR count). The van der Waals surface area contributed by atoms with Crippen molar-refractivity contribution in [3.8, 4) is 12.0 Å². The summed E-state index contributed by atoms with van der Waals surface area (Å²) in [6, 6.07) is 7.10. The van der Waals surface area contributed by atoms with Crippen LogP contribution in [0.1, 0.15) is 32.8 Å². The summed E-state index contributed by atoms with van der Waals surface area (Å²) in [6.07, 6.45) is 1.35. The van der Waals surface area contributed by atoms with Gasteiger partial charge in [0.15, 0.2) is 0 Å². The number of hydrogen-bond acceptors (Lipinski definition) is 10. The zero-order valence-corrected chi connectivity index (χ0v) is 20.9. The van der Waals surface area contributed by atoms with Crippen LogP contribution in [0.2, 0.25) is 0 Å². The Kier molecular flexibility index (Phi) is 9.18. The van der Waals surface area contributed by atoms with Crippen molar-refractivity contribution in [2.24, 2.45) is 5.92 Å². The second-order valence-corrected chi connectivity index (χ2v) is 8.26. The number of esters is 1. The van der Waals surface area contributed by atoms with Crippen molar-refractivity contribution >= 4 is 23.5 Å². The summed E-state index contributed by atoms with van der Waals surface area (Å²) in [4.78, 5) is 39.9. The van der Waals surface area contributed by atoms with Crippen molar-refractivity contribution < 1.29 is 23.8 Å². The summed E-state index contributed by atoms with van der Waals surface area (Å²) in [6.45, 7) is 6.74. The molecule has 1 aromatic carbocycles. The van der Waals surface area contributed by atoms with Gasteiger partial charge in [0.2, 0.25) is 11.9 Å². The maximum absolute atomic E-state index is 13.2. The molecule has 11 heteroatoms. The Morgan fingerprint density at radius 3 is 2.43 bits per heavy atom. The van der Waals surface area contributed by atoms with Crippen molar-refractivity contribution in [1.82, 2.24) is 20.3 Å². The molecule has 0 radical (unpaired) electrons. The lowest BCUT2D eigenvalue weighted by molar-refractivity contribution is -0.145. The molecule has 2 heterocycles. The van der Waals surface area contributed by atoms with Crippen LogP contribution in [0.25, 0.3) is 0 Å². The summed E-state index contributed by atoms with van der Waals surface area (Å²) >= 11 is 0. The summed E-state index contributed by atoms with van der Waals surface area (Å²) in [5.41, 5.74) is 1.70. The Morgan fingerprint density at radius 2 is 1.80 bits per heavy atom. The van der Waals surface area contributed by atoms with Crippen LogP contribution in [0.3, 0.4) is 0 Å². The number of aromatic nitrogens is 3. The molecule has 0 saturated carbocycles. The van der Waals surface area contributed by atoms with Crippen LogP contribution in [0, 0.1) is 5.92 Å². The lowest BCUT2D eigenvalue weighted by Gasteiger charge is -2.27. The van der Waals surface area contributed by atoms with E-state index in [0.29, 0.717) is 18.9 Å². The summed E-state index contributed by atoms with van der Waals surface area (Å²) in [5.74, 6) is -0.0255. The van der Waals surface area contributed by atoms with Crippen LogP contribution in [-0.4, -0.2) is 72.8 Å². The number of para-hydroxylation sites is 1. The maximum Gasteiger partial charge on any atom is 0.329 e. The Labute approximate surface area is 205 Å². The number of amides is 1. The van der Waals surface area contributed by atoms with E-state index in [0.717, 1.165) is 17.7 Å². The first-order chi connectivity index (χ1) is 16.9. The Hall–Kier alpha value is -3.47. The van der Waals surface area contributed by atoms with Gasteiger partial charge in [-0.2, -0.15) is 9.97 Å². The molecule has 11 nitrogen and oxygen atoms in total. The second-order valence-electron chi connectivity index (χ2n) is 8.26. The quantitative estimate of drug-likeness (QED) is 0.429. The maximum atomic E-state index is 13.2.